The summed E-state index contributed by atoms with van der Waals surface area (Å²) in [5.41, 5.74) is 6.20. The average Bonchev–Trinajstić information content (AvgIpc) is 2.71. The van der Waals surface area contributed by atoms with Crippen LogP contribution in [-0.4, -0.2) is 27.7 Å². The van der Waals surface area contributed by atoms with Gasteiger partial charge in [0.15, 0.2) is 0 Å². The van der Waals surface area contributed by atoms with Gasteiger partial charge in [-0.1, -0.05) is 24.6 Å². The zero-order chi connectivity index (χ0) is 16.2. The van der Waals surface area contributed by atoms with Crippen LogP contribution >= 0.6 is 0 Å². The van der Waals surface area contributed by atoms with Crippen LogP contribution < -0.4 is 5.32 Å². The van der Waals surface area contributed by atoms with Crippen LogP contribution in [0.25, 0.3) is 0 Å². The van der Waals surface area contributed by atoms with Crippen LogP contribution in [0.2, 0.25) is 6.55 Å². The van der Waals surface area contributed by atoms with Gasteiger partial charge in [0.25, 0.3) is 0 Å². The van der Waals surface area contributed by atoms with Gasteiger partial charge in [0, 0.05) is 16.7 Å². The summed E-state index contributed by atoms with van der Waals surface area (Å²) < 4.78 is 14.2. The summed E-state index contributed by atoms with van der Waals surface area (Å²) in [4.78, 5) is 16.2. The highest BCUT2D eigenvalue weighted by atomic mass is 28.2. The maximum atomic E-state index is 14.2. The maximum Gasteiger partial charge on any atom is 0.246 e. The molecule has 0 aromatic heterocycles. The fourth-order valence-corrected chi connectivity index (χ4v) is 2.81. The molecule has 0 saturated heterocycles. The van der Waals surface area contributed by atoms with Gasteiger partial charge in [-0.05, 0) is 30.3 Å². The van der Waals surface area contributed by atoms with Crippen molar-refractivity contribution in [1.29, 1.82) is 0 Å². The van der Waals surface area contributed by atoms with Gasteiger partial charge in [0.05, 0.1) is 11.4 Å². The number of carbonyl (C=O) groups is 1. The van der Waals surface area contributed by atoms with Crippen LogP contribution in [0.15, 0.2) is 47.5 Å². The van der Waals surface area contributed by atoms with E-state index in [2.05, 4.69) is 28.3 Å². The zero-order valence-electron chi connectivity index (χ0n) is 12.7. The van der Waals surface area contributed by atoms with Gasteiger partial charge in [-0.25, -0.2) is 4.39 Å². The lowest BCUT2D eigenvalue weighted by molar-refractivity contribution is -0.114. The van der Waals surface area contributed by atoms with Crippen molar-refractivity contribution in [1.82, 2.24) is 0 Å². The lowest BCUT2D eigenvalue weighted by Gasteiger charge is -2.11. The fraction of sp³-hybridized carbons (Fsp3) is 0.111. The Morgan fingerprint density at radius 3 is 2.83 bits per heavy atom. The average molecular weight is 322 g/mol. The van der Waals surface area contributed by atoms with Crippen molar-refractivity contribution in [3.05, 3.63) is 65.0 Å². The molecular formula is C18H15FN2OSi. The summed E-state index contributed by atoms with van der Waals surface area (Å²) in [6.07, 6.45) is 0. The van der Waals surface area contributed by atoms with Gasteiger partial charge in [0.1, 0.15) is 21.9 Å². The molecule has 0 fully saturated rings. The molecule has 2 aromatic carbocycles. The van der Waals surface area contributed by atoms with Crippen molar-refractivity contribution in [3.63, 3.8) is 0 Å². The van der Waals surface area contributed by atoms with E-state index in [1.54, 1.807) is 24.3 Å². The Bertz CT molecular complexity index is 865. The van der Waals surface area contributed by atoms with Crippen LogP contribution in [0.5, 0.6) is 0 Å². The molecule has 5 heteroatoms. The Hall–Kier alpha value is -2.71. The number of nitrogens with one attached hydrogen (secondary N) is 1. The SMILES string of the molecule is C[SiH2]C#Cc1ccc2c(c1)C(c1ccccc1F)=NCC(=O)N2. The number of amides is 1. The molecule has 3 nitrogen and oxygen atoms in total. The van der Waals surface area contributed by atoms with Gasteiger partial charge >= 0.3 is 0 Å². The van der Waals surface area contributed by atoms with Crippen molar-refractivity contribution in [2.75, 3.05) is 11.9 Å². The molecule has 3 rings (SSSR count). The molecule has 1 heterocycles. The monoisotopic (exact) mass is 322 g/mol. The maximum absolute atomic E-state index is 14.2. The van der Waals surface area contributed by atoms with Crippen molar-refractivity contribution in [3.8, 4) is 11.5 Å². The van der Waals surface area contributed by atoms with Gasteiger partial charge in [-0.3, -0.25) is 9.79 Å². The Balaban J connectivity index is 2.18. The molecule has 1 aliphatic rings. The van der Waals surface area contributed by atoms with E-state index in [1.807, 2.05) is 12.1 Å². The molecule has 23 heavy (non-hydrogen) atoms. The number of benzene rings is 2. The molecule has 0 radical (unpaired) electrons. The lowest BCUT2D eigenvalue weighted by Crippen LogP contribution is -2.13. The molecule has 114 valence electrons. The summed E-state index contributed by atoms with van der Waals surface area (Å²) in [6.45, 7) is 2.09. The minimum absolute atomic E-state index is 0.0266. The standard InChI is InChI=1S/C18H15FN2OSi/c1-23-9-8-12-6-7-16-14(10-12)18(20-11-17(22)21-16)13-4-2-3-5-15(13)19/h2-7,10H,11,23H2,1H3,(H,21,22). The summed E-state index contributed by atoms with van der Waals surface area (Å²) in [5, 5.41) is 2.81. The number of anilines is 1. The van der Waals surface area contributed by atoms with Crippen molar-refractivity contribution in [2.45, 2.75) is 6.55 Å². The van der Waals surface area contributed by atoms with E-state index >= 15 is 0 Å². The number of nitrogens with zero attached hydrogens (tertiary/aromatic N) is 1. The van der Waals surface area contributed by atoms with E-state index in [4.69, 9.17) is 0 Å². The topological polar surface area (TPSA) is 41.5 Å². The van der Waals surface area contributed by atoms with E-state index in [0.29, 0.717) is 22.5 Å². The minimum atomic E-state index is -0.357. The van der Waals surface area contributed by atoms with Crippen molar-refractivity contribution >= 4 is 26.8 Å². The van der Waals surface area contributed by atoms with Crippen LogP contribution in [0, 0.1) is 17.3 Å². The Kier molecular flexibility index (Phi) is 4.35. The molecule has 0 saturated carbocycles. The third kappa shape index (κ3) is 3.22. The Morgan fingerprint density at radius 2 is 2.04 bits per heavy atom. The Labute approximate surface area is 136 Å². The van der Waals surface area contributed by atoms with Crippen LogP contribution in [-0.2, 0) is 4.79 Å². The number of aliphatic imine (C=N–C) groups is 1. The van der Waals surface area contributed by atoms with E-state index in [1.165, 1.54) is 6.07 Å². The predicted octanol–water partition coefficient (Wildman–Crippen LogP) is 2.14. The second kappa shape index (κ2) is 6.59. The molecule has 1 N–H and O–H groups in total. The summed E-state index contributed by atoms with van der Waals surface area (Å²) in [5.74, 6) is 2.54. The first-order chi connectivity index (χ1) is 11.2. The van der Waals surface area contributed by atoms with Crippen molar-refractivity contribution < 1.29 is 9.18 Å². The molecule has 0 bridgehead atoms. The second-order valence-electron chi connectivity index (χ2n) is 5.11. The molecular weight excluding hydrogens is 307 g/mol. The first-order valence-electron chi connectivity index (χ1n) is 7.41. The molecule has 0 aliphatic carbocycles. The van der Waals surface area contributed by atoms with E-state index in [0.717, 1.165) is 5.56 Å². The highest BCUT2D eigenvalue weighted by Gasteiger charge is 2.20. The van der Waals surface area contributed by atoms with Gasteiger partial charge in [-0.2, -0.15) is 0 Å². The largest absolute Gasteiger partial charge is 0.324 e. The summed E-state index contributed by atoms with van der Waals surface area (Å²) in [6, 6.07) is 12.0. The van der Waals surface area contributed by atoms with Gasteiger partial charge < -0.3 is 5.32 Å². The lowest BCUT2D eigenvalue weighted by atomic mass is 9.98. The molecule has 0 atom stereocenters. The van der Waals surface area contributed by atoms with Crippen molar-refractivity contribution in [2.24, 2.45) is 4.99 Å². The third-order valence-corrected chi connectivity index (χ3v) is 4.00. The number of hydrogen-bond donors (Lipinski definition) is 1. The molecule has 0 unspecified atom stereocenters. The molecule has 2 aromatic rings. The first-order valence-corrected chi connectivity index (χ1v) is 9.53. The molecule has 1 amide bonds. The zero-order valence-corrected chi connectivity index (χ0v) is 14.1. The minimum Gasteiger partial charge on any atom is -0.324 e. The van der Waals surface area contributed by atoms with E-state index in [-0.39, 0.29) is 27.8 Å². The van der Waals surface area contributed by atoms with Crippen LogP contribution in [0.4, 0.5) is 10.1 Å². The number of fused-ring (bicyclic) bond motifs is 1. The summed E-state index contributed by atoms with van der Waals surface area (Å²) in [7, 11) is -0.356. The quantitative estimate of drug-likeness (QED) is 0.634. The third-order valence-electron chi connectivity index (χ3n) is 3.47. The highest BCUT2D eigenvalue weighted by Crippen LogP contribution is 2.25. The molecule has 1 aliphatic heterocycles. The van der Waals surface area contributed by atoms with E-state index < -0.39 is 0 Å². The number of hydrogen-bond acceptors (Lipinski definition) is 2. The normalized spacial score (nSPS) is 13.7. The highest BCUT2D eigenvalue weighted by molar-refractivity contribution is 6.44. The van der Waals surface area contributed by atoms with Crippen LogP contribution in [0.1, 0.15) is 16.7 Å². The smallest absolute Gasteiger partial charge is 0.246 e. The first kappa shape index (κ1) is 15.2. The number of benzodiazepines with no additional fused rings is 1. The predicted molar refractivity (Wildman–Crippen MR) is 93.3 cm³/mol. The molecule has 0 spiro atoms. The second-order valence-corrected chi connectivity index (χ2v) is 6.17. The number of carbonyl (C=O) groups excluding carboxylic acids is 1. The fourth-order valence-electron chi connectivity index (χ4n) is 2.43. The number of halogens is 1. The Morgan fingerprint density at radius 1 is 1.22 bits per heavy atom. The number of rotatable bonds is 1. The van der Waals surface area contributed by atoms with Crippen LogP contribution in [0.3, 0.4) is 0 Å². The van der Waals surface area contributed by atoms with Gasteiger partial charge in [0.2, 0.25) is 5.91 Å². The van der Waals surface area contributed by atoms with E-state index in [9.17, 15) is 9.18 Å². The van der Waals surface area contributed by atoms with Gasteiger partial charge in [-0.15, -0.1) is 5.54 Å². The summed E-state index contributed by atoms with van der Waals surface area (Å²) >= 11 is 0.